The van der Waals surface area contributed by atoms with Gasteiger partial charge < -0.3 is 10.2 Å². The Balaban J connectivity index is 0.000000704. The monoisotopic (exact) mass is 269 g/mol. The molecule has 4 heteroatoms. The Hall–Kier alpha value is -2.36. The Kier molecular flexibility index (Phi) is 4.35. The summed E-state index contributed by atoms with van der Waals surface area (Å²) in [6.45, 7) is 6.06. The first-order valence-corrected chi connectivity index (χ1v) is 6.88. The average molecular weight is 269 g/mol. The lowest BCUT2D eigenvalue weighted by Crippen LogP contribution is -1.86. The van der Waals surface area contributed by atoms with E-state index in [2.05, 4.69) is 16.9 Å². The van der Waals surface area contributed by atoms with E-state index in [1.807, 2.05) is 50.2 Å². The van der Waals surface area contributed by atoms with Crippen molar-refractivity contribution in [2.24, 2.45) is 0 Å². The topological polar surface area (TPSA) is 64.9 Å². The SMILES string of the molecule is CC.CCc1ccc2oc(-c3cccc(N)c3)nc2n1. The Morgan fingerprint density at radius 2 is 1.90 bits per heavy atom. The molecule has 20 heavy (non-hydrogen) atoms. The lowest BCUT2D eigenvalue weighted by atomic mass is 10.2. The van der Waals surface area contributed by atoms with Gasteiger partial charge in [-0.1, -0.05) is 26.8 Å². The van der Waals surface area contributed by atoms with Crippen LogP contribution in [0.1, 0.15) is 26.5 Å². The van der Waals surface area contributed by atoms with Gasteiger partial charge in [0.25, 0.3) is 0 Å². The summed E-state index contributed by atoms with van der Waals surface area (Å²) in [6.07, 6.45) is 0.885. The average Bonchev–Trinajstić information content (AvgIpc) is 2.92. The van der Waals surface area contributed by atoms with Crippen molar-refractivity contribution in [3.05, 3.63) is 42.1 Å². The fourth-order valence-corrected chi connectivity index (χ4v) is 1.85. The Morgan fingerprint density at radius 1 is 1.10 bits per heavy atom. The van der Waals surface area contributed by atoms with Crippen LogP contribution in [0, 0.1) is 0 Å². The van der Waals surface area contributed by atoms with Crippen molar-refractivity contribution >= 4 is 16.9 Å². The summed E-state index contributed by atoms with van der Waals surface area (Å²) in [6, 6.07) is 11.3. The van der Waals surface area contributed by atoms with Crippen LogP contribution >= 0.6 is 0 Å². The van der Waals surface area contributed by atoms with Crippen LogP contribution in [-0.4, -0.2) is 9.97 Å². The lowest BCUT2D eigenvalue weighted by Gasteiger charge is -1.95. The molecule has 3 aromatic rings. The van der Waals surface area contributed by atoms with E-state index in [1.54, 1.807) is 0 Å². The molecule has 0 aliphatic rings. The van der Waals surface area contributed by atoms with Crippen molar-refractivity contribution in [2.45, 2.75) is 27.2 Å². The molecule has 104 valence electrons. The molecule has 4 nitrogen and oxygen atoms in total. The third-order valence-electron chi connectivity index (χ3n) is 2.81. The fraction of sp³-hybridized carbons (Fsp3) is 0.250. The lowest BCUT2D eigenvalue weighted by molar-refractivity contribution is 0.619. The van der Waals surface area contributed by atoms with Crippen LogP contribution in [-0.2, 0) is 6.42 Å². The molecule has 0 unspecified atom stereocenters. The zero-order chi connectivity index (χ0) is 14.5. The molecule has 0 fully saturated rings. The van der Waals surface area contributed by atoms with Gasteiger partial charge in [0.1, 0.15) is 0 Å². The van der Waals surface area contributed by atoms with Gasteiger partial charge in [-0.2, -0.15) is 4.98 Å². The molecule has 2 N–H and O–H groups in total. The highest BCUT2D eigenvalue weighted by Crippen LogP contribution is 2.24. The molecule has 0 amide bonds. The number of hydrogen-bond donors (Lipinski definition) is 1. The van der Waals surface area contributed by atoms with E-state index < -0.39 is 0 Å². The van der Waals surface area contributed by atoms with Gasteiger partial charge in [-0.15, -0.1) is 0 Å². The first-order chi connectivity index (χ1) is 9.76. The maximum atomic E-state index is 5.75. The van der Waals surface area contributed by atoms with E-state index in [1.165, 1.54) is 0 Å². The number of nitrogens with zero attached hydrogens (tertiary/aromatic N) is 2. The van der Waals surface area contributed by atoms with Gasteiger partial charge >= 0.3 is 0 Å². The van der Waals surface area contributed by atoms with Crippen LogP contribution in [0.15, 0.2) is 40.8 Å². The van der Waals surface area contributed by atoms with E-state index in [0.717, 1.165) is 17.7 Å². The molecule has 0 saturated heterocycles. The molecule has 3 rings (SSSR count). The first kappa shape index (κ1) is 14.1. The number of aromatic nitrogens is 2. The van der Waals surface area contributed by atoms with Gasteiger partial charge in [0.2, 0.25) is 5.89 Å². The summed E-state index contributed by atoms with van der Waals surface area (Å²) in [5, 5.41) is 0. The van der Waals surface area contributed by atoms with Crippen molar-refractivity contribution < 1.29 is 4.42 Å². The van der Waals surface area contributed by atoms with Gasteiger partial charge in [0.05, 0.1) is 0 Å². The number of benzene rings is 1. The largest absolute Gasteiger partial charge is 0.434 e. The van der Waals surface area contributed by atoms with Crippen LogP contribution < -0.4 is 5.73 Å². The standard InChI is InChI=1S/C14H13N3O.C2H6/c1-2-11-6-7-12-13(16-11)17-14(18-12)9-4-3-5-10(15)8-9;1-2/h3-8H,2,15H2,1H3;1-2H3. The summed E-state index contributed by atoms with van der Waals surface area (Å²) < 4.78 is 5.68. The number of nitrogens with two attached hydrogens (primary N) is 1. The second kappa shape index (κ2) is 6.19. The van der Waals surface area contributed by atoms with Crippen molar-refractivity contribution in [3.63, 3.8) is 0 Å². The highest BCUT2D eigenvalue weighted by Gasteiger charge is 2.09. The number of pyridine rings is 1. The number of oxazole rings is 1. The normalized spacial score (nSPS) is 10.2. The Labute approximate surface area is 118 Å². The number of hydrogen-bond acceptors (Lipinski definition) is 4. The minimum Gasteiger partial charge on any atom is -0.434 e. The third kappa shape index (κ3) is 2.79. The van der Waals surface area contributed by atoms with E-state index in [0.29, 0.717) is 22.8 Å². The zero-order valence-corrected chi connectivity index (χ0v) is 12.1. The van der Waals surface area contributed by atoms with E-state index in [-0.39, 0.29) is 0 Å². The Bertz CT molecular complexity index is 704. The van der Waals surface area contributed by atoms with Crippen molar-refractivity contribution in [1.29, 1.82) is 0 Å². The maximum Gasteiger partial charge on any atom is 0.228 e. The molecular formula is C16H19N3O. The van der Waals surface area contributed by atoms with E-state index >= 15 is 0 Å². The van der Waals surface area contributed by atoms with Crippen LogP contribution in [0.4, 0.5) is 5.69 Å². The van der Waals surface area contributed by atoms with Crippen molar-refractivity contribution in [1.82, 2.24) is 9.97 Å². The molecule has 2 aromatic heterocycles. The van der Waals surface area contributed by atoms with Gasteiger partial charge in [-0.25, -0.2) is 4.98 Å². The number of rotatable bonds is 2. The first-order valence-electron chi connectivity index (χ1n) is 6.88. The highest BCUT2D eigenvalue weighted by molar-refractivity contribution is 5.73. The van der Waals surface area contributed by atoms with Crippen LogP contribution in [0.5, 0.6) is 0 Å². The summed E-state index contributed by atoms with van der Waals surface area (Å²) in [7, 11) is 0. The summed E-state index contributed by atoms with van der Waals surface area (Å²) >= 11 is 0. The highest BCUT2D eigenvalue weighted by atomic mass is 16.3. The zero-order valence-electron chi connectivity index (χ0n) is 12.1. The van der Waals surface area contributed by atoms with Crippen molar-refractivity contribution in [2.75, 3.05) is 5.73 Å². The van der Waals surface area contributed by atoms with Gasteiger partial charge in [0, 0.05) is 16.9 Å². The summed E-state index contributed by atoms with van der Waals surface area (Å²) in [5.41, 5.74) is 9.66. The molecule has 0 atom stereocenters. The third-order valence-corrected chi connectivity index (χ3v) is 2.81. The molecule has 0 bridgehead atoms. The van der Waals surface area contributed by atoms with Crippen LogP contribution in [0.3, 0.4) is 0 Å². The molecule has 0 radical (unpaired) electrons. The van der Waals surface area contributed by atoms with E-state index in [4.69, 9.17) is 10.2 Å². The second-order valence-electron chi connectivity index (χ2n) is 4.12. The number of nitrogen functional groups attached to an aromatic ring is 1. The van der Waals surface area contributed by atoms with Crippen LogP contribution in [0.25, 0.3) is 22.7 Å². The Morgan fingerprint density at radius 3 is 2.60 bits per heavy atom. The predicted octanol–water partition coefficient (Wildman–Crippen LogP) is 4.06. The summed E-state index contributed by atoms with van der Waals surface area (Å²) in [4.78, 5) is 8.83. The number of fused-ring (bicyclic) bond motifs is 1. The predicted molar refractivity (Wildman–Crippen MR) is 82.4 cm³/mol. The fourth-order valence-electron chi connectivity index (χ4n) is 1.85. The number of aryl methyl sites for hydroxylation is 1. The van der Waals surface area contributed by atoms with Gasteiger partial charge in [0.15, 0.2) is 11.2 Å². The number of anilines is 1. The molecule has 0 aliphatic carbocycles. The molecular weight excluding hydrogens is 250 g/mol. The van der Waals surface area contributed by atoms with Crippen molar-refractivity contribution in [3.8, 4) is 11.5 Å². The quantitative estimate of drug-likeness (QED) is 0.712. The minimum atomic E-state index is 0.554. The second-order valence-corrected chi connectivity index (χ2v) is 4.12. The molecule has 0 spiro atoms. The molecule has 2 heterocycles. The molecule has 0 aliphatic heterocycles. The summed E-state index contributed by atoms with van der Waals surface area (Å²) in [5.74, 6) is 0.554. The molecule has 0 saturated carbocycles. The van der Waals surface area contributed by atoms with Gasteiger partial charge in [-0.3, -0.25) is 0 Å². The van der Waals surface area contributed by atoms with Crippen LogP contribution in [0.2, 0.25) is 0 Å². The minimum absolute atomic E-state index is 0.554. The van der Waals surface area contributed by atoms with Gasteiger partial charge in [-0.05, 0) is 36.8 Å². The van der Waals surface area contributed by atoms with E-state index in [9.17, 15) is 0 Å². The maximum absolute atomic E-state index is 5.75. The smallest absolute Gasteiger partial charge is 0.228 e. The molecule has 1 aromatic carbocycles.